The van der Waals surface area contributed by atoms with Crippen LogP contribution in [0.1, 0.15) is 12.5 Å². The third-order valence-corrected chi connectivity index (χ3v) is 3.40. The predicted octanol–water partition coefficient (Wildman–Crippen LogP) is 4.75. The fraction of sp³-hybridized carbons (Fsp3) is 0.214. The zero-order valence-corrected chi connectivity index (χ0v) is 13.0. The van der Waals surface area contributed by atoms with E-state index < -0.39 is 17.5 Å². The van der Waals surface area contributed by atoms with Crippen molar-refractivity contribution in [2.75, 3.05) is 17.2 Å². The van der Waals surface area contributed by atoms with Crippen molar-refractivity contribution in [2.45, 2.75) is 13.8 Å². The maximum absolute atomic E-state index is 13.8. The lowest BCUT2D eigenvalue weighted by molar-refractivity contribution is 0.579. The van der Waals surface area contributed by atoms with Gasteiger partial charge in [0.15, 0.2) is 23.3 Å². The molecule has 0 saturated heterocycles. The Morgan fingerprint density at radius 3 is 2.38 bits per heavy atom. The molecular formula is C14H13BrF3N3. The zero-order chi connectivity index (χ0) is 15.6. The maximum Gasteiger partial charge on any atom is 0.169 e. The van der Waals surface area contributed by atoms with E-state index in [0.717, 1.165) is 6.07 Å². The molecule has 0 aliphatic rings. The Hall–Kier alpha value is -1.76. The molecule has 0 radical (unpaired) electrons. The Bertz CT molecular complexity index is 677. The summed E-state index contributed by atoms with van der Waals surface area (Å²) < 4.78 is 40.9. The van der Waals surface area contributed by atoms with Gasteiger partial charge in [-0.05, 0) is 47.5 Å². The van der Waals surface area contributed by atoms with Gasteiger partial charge in [0.2, 0.25) is 0 Å². The van der Waals surface area contributed by atoms with Crippen LogP contribution in [0.15, 0.2) is 22.7 Å². The topological polar surface area (TPSA) is 37.0 Å². The lowest BCUT2D eigenvalue weighted by Crippen LogP contribution is -2.07. The number of nitrogens with zero attached hydrogens (tertiary/aromatic N) is 1. The highest BCUT2D eigenvalue weighted by atomic mass is 79.9. The molecule has 3 nitrogen and oxygen atoms in total. The number of benzene rings is 1. The van der Waals surface area contributed by atoms with Gasteiger partial charge in [-0.3, -0.25) is 0 Å². The number of aryl methyl sites for hydroxylation is 1. The van der Waals surface area contributed by atoms with Crippen LogP contribution in [0.25, 0.3) is 0 Å². The largest absolute Gasteiger partial charge is 0.368 e. The molecule has 1 heterocycles. The lowest BCUT2D eigenvalue weighted by Gasteiger charge is -2.13. The number of nitrogens with one attached hydrogen (secondary N) is 2. The van der Waals surface area contributed by atoms with E-state index in [-0.39, 0.29) is 16.1 Å². The average Bonchev–Trinajstić information content (AvgIpc) is 2.41. The van der Waals surface area contributed by atoms with Crippen LogP contribution in [0, 0.1) is 24.4 Å². The van der Waals surface area contributed by atoms with Crippen LogP contribution >= 0.6 is 15.9 Å². The quantitative estimate of drug-likeness (QED) is 0.827. The third kappa shape index (κ3) is 3.47. The number of hydrogen-bond acceptors (Lipinski definition) is 3. The highest BCUT2D eigenvalue weighted by Gasteiger charge is 2.13. The van der Waals surface area contributed by atoms with Gasteiger partial charge in [0, 0.05) is 18.3 Å². The van der Waals surface area contributed by atoms with E-state index in [9.17, 15) is 13.2 Å². The number of aromatic nitrogens is 1. The van der Waals surface area contributed by atoms with E-state index >= 15 is 0 Å². The minimum absolute atomic E-state index is 0.0415. The van der Waals surface area contributed by atoms with Gasteiger partial charge in [0.1, 0.15) is 5.82 Å². The van der Waals surface area contributed by atoms with Gasteiger partial charge in [-0.25, -0.2) is 18.2 Å². The van der Waals surface area contributed by atoms with Gasteiger partial charge in [0.25, 0.3) is 0 Å². The van der Waals surface area contributed by atoms with Crippen LogP contribution in [-0.2, 0) is 0 Å². The zero-order valence-electron chi connectivity index (χ0n) is 11.4. The Morgan fingerprint density at radius 2 is 1.71 bits per heavy atom. The van der Waals surface area contributed by atoms with Crippen LogP contribution in [0.4, 0.5) is 30.5 Å². The molecule has 0 saturated carbocycles. The monoisotopic (exact) mass is 359 g/mol. The summed E-state index contributed by atoms with van der Waals surface area (Å²) in [4.78, 5) is 3.87. The molecule has 0 unspecified atom stereocenters. The summed E-state index contributed by atoms with van der Waals surface area (Å²) in [6.45, 7) is 3.90. The SMILES string of the molecule is CCNc1nc(Nc2cc(Br)c(F)cc2C)c(F)cc1F. The van der Waals surface area contributed by atoms with Crippen LogP contribution in [0.5, 0.6) is 0 Å². The Balaban J connectivity index is 2.39. The number of rotatable bonds is 4. The summed E-state index contributed by atoms with van der Waals surface area (Å²) in [7, 11) is 0. The number of halogens is 4. The van der Waals surface area contributed by atoms with E-state index in [2.05, 4.69) is 31.5 Å². The molecule has 112 valence electrons. The molecule has 2 rings (SSSR count). The van der Waals surface area contributed by atoms with Crippen LogP contribution in [0.3, 0.4) is 0 Å². The molecule has 0 aliphatic heterocycles. The molecule has 1 aromatic heterocycles. The van der Waals surface area contributed by atoms with Crippen LogP contribution in [-0.4, -0.2) is 11.5 Å². The Morgan fingerprint density at radius 1 is 1.05 bits per heavy atom. The molecule has 7 heteroatoms. The highest BCUT2D eigenvalue weighted by molar-refractivity contribution is 9.10. The van der Waals surface area contributed by atoms with E-state index in [1.54, 1.807) is 13.8 Å². The summed E-state index contributed by atoms with van der Waals surface area (Å²) in [5.74, 6) is -2.18. The van der Waals surface area contributed by atoms with Crippen molar-refractivity contribution in [3.63, 3.8) is 0 Å². The summed E-state index contributed by atoms with van der Waals surface area (Å²) in [6.07, 6.45) is 0. The van der Waals surface area contributed by atoms with Gasteiger partial charge in [-0.2, -0.15) is 0 Å². The van der Waals surface area contributed by atoms with E-state index in [1.165, 1.54) is 12.1 Å². The first-order valence-electron chi connectivity index (χ1n) is 6.25. The second kappa shape index (κ2) is 6.34. The lowest BCUT2D eigenvalue weighted by atomic mass is 10.2. The normalized spacial score (nSPS) is 10.6. The molecule has 0 amide bonds. The summed E-state index contributed by atoms with van der Waals surface area (Å²) >= 11 is 3.06. The van der Waals surface area contributed by atoms with Crippen molar-refractivity contribution >= 4 is 33.3 Å². The molecular weight excluding hydrogens is 347 g/mol. The minimum Gasteiger partial charge on any atom is -0.368 e. The molecule has 1 aromatic carbocycles. The fourth-order valence-electron chi connectivity index (χ4n) is 1.75. The summed E-state index contributed by atoms with van der Waals surface area (Å²) in [5, 5.41) is 5.45. The molecule has 0 aliphatic carbocycles. The van der Waals surface area contributed by atoms with Gasteiger partial charge in [-0.1, -0.05) is 0 Å². The summed E-state index contributed by atoms with van der Waals surface area (Å²) in [5.41, 5.74) is 1.05. The highest BCUT2D eigenvalue weighted by Crippen LogP contribution is 2.28. The first-order chi connectivity index (χ1) is 9.92. The summed E-state index contributed by atoms with van der Waals surface area (Å²) in [6, 6.07) is 3.53. The molecule has 2 aromatic rings. The van der Waals surface area contributed by atoms with Gasteiger partial charge < -0.3 is 10.6 Å². The second-order valence-electron chi connectivity index (χ2n) is 4.39. The molecule has 0 bridgehead atoms. The van der Waals surface area contributed by atoms with Crippen molar-refractivity contribution in [1.82, 2.24) is 4.98 Å². The van der Waals surface area contributed by atoms with E-state index in [0.29, 0.717) is 17.8 Å². The number of anilines is 3. The van der Waals surface area contributed by atoms with Crippen LogP contribution < -0.4 is 10.6 Å². The number of hydrogen-bond donors (Lipinski definition) is 2. The predicted molar refractivity (Wildman–Crippen MR) is 80.4 cm³/mol. The third-order valence-electron chi connectivity index (χ3n) is 2.79. The molecule has 0 spiro atoms. The van der Waals surface area contributed by atoms with Crippen LogP contribution in [0.2, 0.25) is 0 Å². The smallest absolute Gasteiger partial charge is 0.169 e. The molecule has 21 heavy (non-hydrogen) atoms. The van der Waals surface area contributed by atoms with E-state index in [1.807, 2.05) is 0 Å². The Kier molecular flexibility index (Phi) is 4.72. The molecule has 0 atom stereocenters. The number of pyridine rings is 1. The van der Waals surface area contributed by atoms with Crippen molar-refractivity contribution in [3.8, 4) is 0 Å². The fourth-order valence-corrected chi connectivity index (χ4v) is 2.10. The molecule has 0 fully saturated rings. The minimum atomic E-state index is -0.825. The van der Waals surface area contributed by atoms with Gasteiger partial charge in [0.05, 0.1) is 4.47 Å². The first kappa shape index (κ1) is 15.6. The average molecular weight is 360 g/mol. The van der Waals surface area contributed by atoms with E-state index in [4.69, 9.17) is 0 Å². The maximum atomic E-state index is 13.8. The van der Waals surface area contributed by atoms with Crippen molar-refractivity contribution in [1.29, 1.82) is 0 Å². The second-order valence-corrected chi connectivity index (χ2v) is 5.24. The van der Waals surface area contributed by atoms with Gasteiger partial charge >= 0.3 is 0 Å². The van der Waals surface area contributed by atoms with Crippen molar-refractivity contribution in [2.24, 2.45) is 0 Å². The standard InChI is InChI=1S/C14H13BrF3N3/c1-3-19-13-10(17)6-11(18)14(21-13)20-12-5-8(15)9(16)4-7(12)2/h4-6H,3H2,1-2H3,(H2,19,20,21). The van der Waals surface area contributed by atoms with Gasteiger partial charge in [-0.15, -0.1) is 0 Å². The first-order valence-corrected chi connectivity index (χ1v) is 7.04. The van der Waals surface area contributed by atoms with Crippen molar-refractivity contribution < 1.29 is 13.2 Å². The Labute approximate surface area is 128 Å². The van der Waals surface area contributed by atoms with Crippen molar-refractivity contribution in [3.05, 3.63) is 45.7 Å². The molecule has 2 N–H and O–H groups in total.